The molecule has 0 spiro atoms. The summed E-state index contributed by atoms with van der Waals surface area (Å²) in [5, 5.41) is 12.9. The van der Waals surface area contributed by atoms with Crippen molar-refractivity contribution in [3.8, 4) is 11.8 Å². The van der Waals surface area contributed by atoms with Gasteiger partial charge in [-0.15, -0.1) is 0 Å². The summed E-state index contributed by atoms with van der Waals surface area (Å²) >= 11 is 16.3. The van der Waals surface area contributed by atoms with Gasteiger partial charge < -0.3 is 10.1 Å². The molecule has 3 aromatic carbocycles. The molecule has 0 aliphatic rings. The smallest absolute Gasteiger partial charge is 0.266 e. The van der Waals surface area contributed by atoms with Gasteiger partial charge >= 0.3 is 0 Å². The molecule has 0 aliphatic heterocycles. The van der Waals surface area contributed by atoms with Crippen molar-refractivity contribution in [2.45, 2.75) is 13.5 Å². The Morgan fingerprint density at radius 2 is 1.81 bits per heavy atom. The summed E-state index contributed by atoms with van der Waals surface area (Å²) in [4.78, 5) is 12.6. The first-order chi connectivity index (χ1) is 15.3. The maximum atomic E-state index is 12.6. The van der Waals surface area contributed by atoms with E-state index in [1.54, 1.807) is 18.2 Å². The Morgan fingerprint density at radius 3 is 2.44 bits per heavy atom. The van der Waals surface area contributed by atoms with Crippen LogP contribution in [0.4, 0.5) is 5.69 Å². The second-order valence-corrected chi connectivity index (χ2v) is 9.98. The molecular weight excluding hydrogens is 673 g/mol. The molecule has 0 aromatic heterocycles. The van der Waals surface area contributed by atoms with Gasteiger partial charge in [-0.2, -0.15) is 5.26 Å². The van der Waals surface area contributed by atoms with E-state index < -0.39 is 5.91 Å². The lowest BCUT2D eigenvalue weighted by Crippen LogP contribution is -2.13. The van der Waals surface area contributed by atoms with Crippen LogP contribution in [0.25, 0.3) is 6.08 Å². The van der Waals surface area contributed by atoms with E-state index in [-0.39, 0.29) is 5.57 Å². The quantitative estimate of drug-likeness (QED) is 0.165. The Kier molecular flexibility index (Phi) is 8.82. The number of nitriles is 1. The maximum Gasteiger partial charge on any atom is 0.266 e. The molecule has 0 atom stereocenters. The molecule has 1 N–H and O–H groups in total. The zero-order valence-electron chi connectivity index (χ0n) is 16.8. The minimum Gasteiger partial charge on any atom is -0.487 e. The standard InChI is InChI=1S/C24H16Cl2I2N2O2/c1-14-3-2-4-15(7-14)13-32-23-21(27)9-16(10-22(23)28)8-17(12-29)24(31)30-18-5-6-19(25)20(26)11-18/h2-11H,13H2,1H3,(H,30,31)/b17-8+. The summed E-state index contributed by atoms with van der Waals surface area (Å²) in [5.74, 6) is 0.235. The molecule has 4 nitrogen and oxygen atoms in total. The summed E-state index contributed by atoms with van der Waals surface area (Å²) in [7, 11) is 0. The third-order valence-electron chi connectivity index (χ3n) is 4.34. The lowest BCUT2D eigenvalue weighted by atomic mass is 10.1. The van der Waals surface area contributed by atoms with Crippen molar-refractivity contribution in [3.63, 3.8) is 0 Å². The fourth-order valence-corrected chi connectivity index (χ4v) is 5.27. The van der Waals surface area contributed by atoms with Crippen molar-refractivity contribution in [2.24, 2.45) is 0 Å². The van der Waals surface area contributed by atoms with Crippen LogP contribution in [0, 0.1) is 25.4 Å². The van der Waals surface area contributed by atoms with E-state index >= 15 is 0 Å². The number of nitrogens with one attached hydrogen (secondary N) is 1. The number of amides is 1. The van der Waals surface area contributed by atoms with Crippen molar-refractivity contribution in [1.82, 2.24) is 0 Å². The molecule has 162 valence electrons. The lowest BCUT2D eigenvalue weighted by Gasteiger charge is -2.12. The maximum absolute atomic E-state index is 12.6. The average molecular weight is 689 g/mol. The Morgan fingerprint density at radius 1 is 1.09 bits per heavy atom. The highest BCUT2D eigenvalue weighted by Crippen LogP contribution is 2.31. The minimum atomic E-state index is -0.532. The molecule has 0 radical (unpaired) electrons. The van der Waals surface area contributed by atoms with Gasteiger partial charge in [-0.25, -0.2) is 0 Å². The van der Waals surface area contributed by atoms with Crippen molar-refractivity contribution in [2.75, 3.05) is 5.32 Å². The summed E-state index contributed by atoms with van der Waals surface area (Å²) < 4.78 is 7.81. The molecule has 8 heteroatoms. The van der Waals surface area contributed by atoms with Crippen LogP contribution in [-0.2, 0) is 11.4 Å². The van der Waals surface area contributed by atoms with E-state index in [2.05, 4.69) is 56.6 Å². The molecule has 0 unspecified atom stereocenters. The van der Waals surface area contributed by atoms with Crippen molar-refractivity contribution in [1.29, 1.82) is 5.26 Å². The molecule has 0 fully saturated rings. The third kappa shape index (κ3) is 6.61. The fourth-order valence-electron chi connectivity index (χ4n) is 2.85. The highest BCUT2D eigenvalue weighted by molar-refractivity contribution is 14.1. The molecule has 3 aromatic rings. The van der Waals surface area contributed by atoms with Gasteiger partial charge in [0.15, 0.2) is 0 Å². The molecule has 3 rings (SSSR count). The van der Waals surface area contributed by atoms with E-state index in [0.29, 0.717) is 22.3 Å². The van der Waals surface area contributed by atoms with Crippen LogP contribution in [0.2, 0.25) is 10.0 Å². The molecule has 32 heavy (non-hydrogen) atoms. The van der Waals surface area contributed by atoms with Crippen molar-refractivity contribution in [3.05, 3.63) is 94.0 Å². The number of ether oxygens (including phenoxy) is 1. The summed E-state index contributed by atoms with van der Waals surface area (Å²) in [5.41, 5.74) is 3.42. The fraction of sp³-hybridized carbons (Fsp3) is 0.0833. The summed E-state index contributed by atoms with van der Waals surface area (Å²) in [6.45, 7) is 2.50. The van der Waals surface area contributed by atoms with E-state index in [1.807, 2.05) is 43.3 Å². The first kappa shape index (κ1) is 24.8. The molecule has 0 heterocycles. The Balaban J connectivity index is 1.77. The molecule has 1 amide bonds. The minimum absolute atomic E-state index is 0.0314. The number of aryl methyl sites for hydroxylation is 1. The molecule has 0 aliphatic carbocycles. The largest absolute Gasteiger partial charge is 0.487 e. The van der Waals surface area contributed by atoms with Crippen LogP contribution in [0.3, 0.4) is 0 Å². The number of hydrogen-bond acceptors (Lipinski definition) is 3. The van der Waals surface area contributed by atoms with E-state index in [1.165, 1.54) is 11.6 Å². The normalized spacial score (nSPS) is 11.1. The van der Waals surface area contributed by atoms with Gasteiger partial charge in [-0.3, -0.25) is 4.79 Å². The van der Waals surface area contributed by atoms with Crippen LogP contribution in [0.5, 0.6) is 5.75 Å². The van der Waals surface area contributed by atoms with Crippen LogP contribution in [0.15, 0.2) is 60.2 Å². The average Bonchev–Trinajstić information content (AvgIpc) is 2.74. The van der Waals surface area contributed by atoms with E-state index in [0.717, 1.165) is 24.0 Å². The Bertz CT molecular complexity index is 1230. The van der Waals surface area contributed by atoms with E-state index in [4.69, 9.17) is 27.9 Å². The van der Waals surface area contributed by atoms with Gasteiger partial charge in [0.05, 0.1) is 17.2 Å². The zero-order valence-corrected chi connectivity index (χ0v) is 22.6. The Labute approximate surface area is 223 Å². The van der Waals surface area contributed by atoms with Gasteiger partial charge in [-0.05, 0) is 99.6 Å². The number of anilines is 1. The predicted molar refractivity (Wildman–Crippen MR) is 146 cm³/mol. The SMILES string of the molecule is Cc1cccc(COc2c(I)cc(/C=C(\C#N)C(=O)Nc3ccc(Cl)c(Cl)c3)cc2I)c1. The number of benzene rings is 3. The van der Waals surface area contributed by atoms with Crippen LogP contribution in [-0.4, -0.2) is 5.91 Å². The highest BCUT2D eigenvalue weighted by atomic mass is 127. The predicted octanol–water partition coefficient (Wildman–Crippen LogP) is 7.64. The zero-order chi connectivity index (χ0) is 23.3. The molecular formula is C24H16Cl2I2N2O2. The summed E-state index contributed by atoms with van der Waals surface area (Å²) in [6, 6.07) is 18.6. The Hall–Kier alpha value is -1.80. The van der Waals surface area contributed by atoms with Crippen LogP contribution in [0.1, 0.15) is 16.7 Å². The number of halogens is 4. The monoisotopic (exact) mass is 688 g/mol. The number of nitrogens with zero attached hydrogens (tertiary/aromatic N) is 1. The first-order valence-electron chi connectivity index (χ1n) is 9.32. The number of rotatable bonds is 6. The van der Waals surface area contributed by atoms with Crippen molar-refractivity contribution >= 4 is 86.1 Å². The second-order valence-electron chi connectivity index (χ2n) is 6.84. The van der Waals surface area contributed by atoms with Crippen LogP contribution < -0.4 is 10.1 Å². The molecule has 0 saturated carbocycles. The van der Waals surface area contributed by atoms with E-state index in [9.17, 15) is 10.1 Å². The van der Waals surface area contributed by atoms with Gasteiger partial charge in [0.25, 0.3) is 5.91 Å². The topological polar surface area (TPSA) is 62.1 Å². The molecule has 0 bridgehead atoms. The number of hydrogen-bond donors (Lipinski definition) is 1. The lowest BCUT2D eigenvalue weighted by molar-refractivity contribution is -0.112. The highest BCUT2D eigenvalue weighted by Gasteiger charge is 2.13. The summed E-state index contributed by atoms with van der Waals surface area (Å²) in [6.07, 6.45) is 1.54. The third-order valence-corrected chi connectivity index (χ3v) is 6.68. The van der Waals surface area contributed by atoms with Gasteiger partial charge in [0.2, 0.25) is 0 Å². The number of carbonyl (C=O) groups excluding carboxylic acids is 1. The first-order valence-corrected chi connectivity index (χ1v) is 12.2. The van der Waals surface area contributed by atoms with Crippen LogP contribution >= 0.6 is 68.4 Å². The van der Waals surface area contributed by atoms with Gasteiger partial charge in [-0.1, -0.05) is 53.0 Å². The van der Waals surface area contributed by atoms with Gasteiger partial charge in [0, 0.05) is 5.69 Å². The van der Waals surface area contributed by atoms with Gasteiger partial charge in [0.1, 0.15) is 24.0 Å². The number of carbonyl (C=O) groups is 1. The second kappa shape index (κ2) is 11.4. The van der Waals surface area contributed by atoms with Crippen molar-refractivity contribution < 1.29 is 9.53 Å². The molecule has 0 saturated heterocycles.